The summed E-state index contributed by atoms with van der Waals surface area (Å²) in [5.41, 5.74) is 0. The minimum absolute atomic E-state index is 0.0430. The maximum Gasteiger partial charge on any atom is 0.313 e. The number of nitrogens with zero attached hydrogens (tertiary/aromatic N) is 3. The molecule has 0 amide bonds. The van der Waals surface area contributed by atoms with E-state index >= 15 is 0 Å². The predicted octanol–water partition coefficient (Wildman–Crippen LogP) is 3.07. The molecule has 0 aromatic carbocycles. The molecule has 21 heavy (non-hydrogen) atoms. The van der Waals surface area contributed by atoms with Gasteiger partial charge in [-0.2, -0.15) is 5.10 Å². The summed E-state index contributed by atoms with van der Waals surface area (Å²) in [6, 6.07) is 0. The van der Waals surface area contributed by atoms with Crippen LogP contribution < -0.4 is 0 Å². The number of aromatic nitrogens is 3. The number of aliphatic carboxylic acids is 1. The highest BCUT2D eigenvalue weighted by molar-refractivity contribution is 7.99. The lowest BCUT2D eigenvalue weighted by molar-refractivity contribution is -0.133. The molecule has 3 rings (SSSR count). The first kappa shape index (κ1) is 14.9. The predicted molar refractivity (Wildman–Crippen MR) is 81.4 cm³/mol. The topological polar surface area (TPSA) is 68.0 Å². The van der Waals surface area contributed by atoms with Crippen molar-refractivity contribution in [2.75, 3.05) is 5.75 Å². The fourth-order valence-corrected chi connectivity index (χ4v) is 4.56. The van der Waals surface area contributed by atoms with Gasteiger partial charge in [0.05, 0.1) is 5.75 Å². The van der Waals surface area contributed by atoms with Gasteiger partial charge >= 0.3 is 5.97 Å². The van der Waals surface area contributed by atoms with E-state index < -0.39 is 5.97 Å². The fraction of sp³-hybridized carbons (Fsp3) is 0.800. The molecule has 1 N–H and O–H groups in total. The molecule has 1 heterocycles. The summed E-state index contributed by atoms with van der Waals surface area (Å²) >= 11 is 1.25. The van der Waals surface area contributed by atoms with Crippen LogP contribution in [-0.2, 0) is 11.8 Å². The van der Waals surface area contributed by atoms with Crippen molar-refractivity contribution in [1.82, 2.24) is 14.8 Å². The summed E-state index contributed by atoms with van der Waals surface area (Å²) in [5.74, 6) is 2.41. The number of hydrogen-bond acceptors (Lipinski definition) is 4. The van der Waals surface area contributed by atoms with Crippen LogP contribution in [0.1, 0.15) is 56.7 Å². The highest BCUT2D eigenvalue weighted by Crippen LogP contribution is 2.45. The molecule has 2 aliphatic carbocycles. The van der Waals surface area contributed by atoms with Crippen molar-refractivity contribution in [2.45, 2.75) is 56.0 Å². The third-order valence-corrected chi connectivity index (χ3v) is 5.97. The average Bonchev–Trinajstić information content (AvgIpc) is 2.86. The molecular weight excluding hydrogens is 286 g/mol. The highest BCUT2D eigenvalue weighted by atomic mass is 32.2. The van der Waals surface area contributed by atoms with Crippen molar-refractivity contribution >= 4 is 17.7 Å². The molecule has 116 valence electrons. The third-order valence-electron chi connectivity index (χ3n) is 4.97. The monoisotopic (exact) mass is 309 g/mol. The van der Waals surface area contributed by atoms with Crippen LogP contribution in [0.5, 0.6) is 0 Å². The molecule has 3 unspecified atom stereocenters. The van der Waals surface area contributed by atoms with Crippen molar-refractivity contribution < 1.29 is 9.90 Å². The number of fused-ring (bicyclic) bond motifs is 1. The molecule has 5 nitrogen and oxygen atoms in total. The first-order chi connectivity index (χ1) is 10.1. The summed E-state index contributed by atoms with van der Waals surface area (Å²) in [5, 5.41) is 14.0. The zero-order valence-corrected chi connectivity index (χ0v) is 13.3. The lowest BCUT2D eigenvalue weighted by Gasteiger charge is -2.38. The molecule has 6 heteroatoms. The third kappa shape index (κ3) is 3.42. The van der Waals surface area contributed by atoms with Gasteiger partial charge in [-0.3, -0.25) is 4.79 Å². The summed E-state index contributed by atoms with van der Waals surface area (Å²) in [6.45, 7) is 0. The molecule has 1 aromatic rings. The Hall–Kier alpha value is -1.04. The van der Waals surface area contributed by atoms with Crippen molar-refractivity contribution in [3.63, 3.8) is 0 Å². The number of rotatable bonds is 4. The molecule has 1 aromatic heterocycles. The largest absolute Gasteiger partial charge is 0.481 e. The van der Waals surface area contributed by atoms with E-state index in [1.54, 1.807) is 4.68 Å². The second-order valence-electron chi connectivity index (χ2n) is 6.37. The van der Waals surface area contributed by atoms with Crippen LogP contribution in [0.15, 0.2) is 5.16 Å². The van der Waals surface area contributed by atoms with E-state index in [1.807, 2.05) is 7.05 Å². The molecule has 0 saturated heterocycles. The van der Waals surface area contributed by atoms with Gasteiger partial charge in [0.2, 0.25) is 0 Å². The van der Waals surface area contributed by atoms with Gasteiger partial charge in [-0.15, -0.1) is 0 Å². The van der Waals surface area contributed by atoms with Gasteiger partial charge in [0.25, 0.3) is 0 Å². The van der Waals surface area contributed by atoms with E-state index in [-0.39, 0.29) is 5.75 Å². The first-order valence-corrected chi connectivity index (χ1v) is 8.87. The van der Waals surface area contributed by atoms with Crippen LogP contribution in [0, 0.1) is 11.8 Å². The summed E-state index contributed by atoms with van der Waals surface area (Å²) in [6.07, 6.45) is 9.28. The molecule has 0 spiro atoms. The number of carboxylic acid groups (broad SMARTS) is 1. The summed E-state index contributed by atoms with van der Waals surface area (Å²) < 4.78 is 1.73. The Balaban J connectivity index is 1.66. The Morgan fingerprint density at radius 1 is 1.29 bits per heavy atom. The number of carbonyl (C=O) groups is 1. The number of carboxylic acids is 1. The molecule has 0 bridgehead atoms. The van der Waals surface area contributed by atoms with E-state index in [1.165, 1.54) is 56.7 Å². The molecule has 2 fully saturated rings. The summed E-state index contributed by atoms with van der Waals surface area (Å²) in [4.78, 5) is 15.3. The summed E-state index contributed by atoms with van der Waals surface area (Å²) in [7, 11) is 1.85. The highest BCUT2D eigenvalue weighted by Gasteiger charge is 2.34. The second-order valence-corrected chi connectivity index (χ2v) is 7.32. The number of hydrogen-bond donors (Lipinski definition) is 1. The van der Waals surface area contributed by atoms with Crippen molar-refractivity contribution in [2.24, 2.45) is 18.9 Å². The SMILES string of the molecule is Cn1nc(C2CCC3CCCCC3C2)nc1SCC(=O)O. The van der Waals surface area contributed by atoms with E-state index in [0.717, 1.165) is 22.8 Å². The van der Waals surface area contributed by atoms with Gasteiger partial charge in [0.15, 0.2) is 11.0 Å². The molecular formula is C15H23N3O2S. The van der Waals surface area contributed by atoms with Crippen molar-refractivity contribution in [3.8, 4) is 0 Å². The zero-order chi connectivity index (χ0) is 14.8. The smallest absolute Gasteiger partial charge is 0.313 e. The first-order valence-electron chi connectivity index (χ1n) is 7.89. The van der Waals surface area contributed by atoms with Gasteiger partial charge in [-0.05, 0) is 31.1 Å². The van der Waals surface area contributed by atoms with E-state index in [2.05, 4.69) is 10.1 Å². The van der Waals surface area contributed by atoms with Crippen LogP contribution in [0.2, 0.25) is 0 Å². The molecule has 2 aliphatic rings. The van der Waals surface area contributed by atoms with E-state index in [9.17, 15) is 4.79 Å². The number of aryl methyl sites for hydroxylation is 1. The second kappa shape index (κ2) is 6.38. The number of thioether (sulfide) groups is 1. The van der Waals surface area contributed by atoms with Crippen LogP contribution >= 0.6 is 11.8 Å². The molecule has 2 saturated carbocycles. The lowest BCUT2D eigenvalue weighted by Crippen LogP contribution is -2.27. The molecule has 3 atom stereocenters. The maximum absolute atomic E-state index is 10.7. The van der Waals surface area contributed by atoms with Gasteiger partial charge in [-0.1, -0.05) is 37.4 Å². The minimum atomic E-state index is -0.813. The van der Waals surface area contributed by atoms with Crippen LogP contribution in [0.25, 0.3) is 0 Å². The van der Waals surface area contributed by atoms with Gasteiger partial charge in [0, 0.05) is 13.0 Å². The van der Waals surface area contributed by atoms with Crippen molar-refractivity contribution in [3.05, 3.63) is 5.82 Å². The Kier molecular flexibility index (Phi) is 4.52. The zero-order valence-electron chi connectivity index (χ0n) is 12.5. The quantitative estimate of drug-likeness (QED) is 0.866. The van der Waals surface area contributed by atoms with Crippen LogP contribution in [-0.4, -0.2) is 31.6 Å². The van der Waals surface area contributed by atoms with Gasteiger partial charge in [-0.25, -0.2) is 9.67 Å². The van der Waals surface area contributed by atoms with Crippen LogP contribution in [0.4, 0.5) is 0 Å². The average molecular weight is 309 g/mol. The Morgan fingerprint density at radius 2 is 2.05 bits per heavy atom. The van der Waals surface area contributed by atoms with E-state index in [0.29, 0.717) is 5.92 Å². The molecule has 0 aliphatic heterocycles. The fourth-order valence-electron chi connectivity index (χ4n) is 3.92. The Morgan fingerprint density at radius 3 is 2.81 bits per heavy atom. The minimum Gasteiger partial charge on any atom is -0.481 e. The normalized spacial score (nSPS) is 29.1. The Bertz CT molecular complexity index is 517. The van der Waals surface area contributed by atoms with Crippen LogP contribution in [0.3, 0.4) is 0 Å². The van der Waals surface area contributed by atoms with Gasteiger partial charge in [0.1, 0.15) is 0 Å². The molecule has 0 radical (unpaired) electrons. The van der Waals surface area contributed by atoms with E-state index in [4.69, 9.17) is 5.11 Å². The maximum atomic E-state index is 10.7. The Labute approximate surface area is 129 Å². The standard InChI is InChI=1S/C15H23N3O2S/c1-18-15(21-9-13(19)20)16-14(17-18)12-7-6-10-4-2-3-5-11(10)8-12/h10-12H,2-9H2,1H3,(H,19,20). The van der Waals surface area contributed by atoms with Gasteiger partial charge < -0.3 is 5.11 Å². The lowest BCUT2D eigenvalue weighted by atomic mass is 9.67. The van der Waals surface area contributed by atoms with Crippen molar-refractivity contribution in [1.29, 1.82) is 0 Å².